The van der Waals surface area contributed by atoms with Crippen LogP contribution in [0.25, 0.3) is 11.1 Å². The Bertz CT molecular complexity index is 1060. The molecule has 2 heterocycles. The van der Waals surface area contributed by atoms with Gasteiger partial charge in [0, 0.05) is 36.6 Å². The molecule has 1 aliphatic rings. The molecule has 1 amide bonds. The van der Waals surface area contributed by atoms with E-state index in [-0.39, 0.29) is 24.8 Å². The highest BCUT2D eigenvalue weighted by Gasteiger charge is 2.28. The van der Waals surface area contributed by atoms with E-state index in [0.29, 0.717) is 36.7 Å². The van der Waals surface area contributed by atoms with Crippen LogP contribution in [0.15, 0.2) is 30.3 Å². The van der Waals surface area contributed by atoms with Crippen LogP contribution in [-0.4, -0.2) is 74.6 Å². The van der Waals surface area contributed by atoms with E-state index in [2.05, 4.69) is 5.32 Å². The van der Waals surface area contributed by atoms with Gasteiger partial charge in [-0.25, -0.2) is 13.2 Å². The van der Waals surface area contributed by atoms with Gasteiger partial charge in [0.15, 0.2) is 0 Å². The van der Waals surface area contributed by atoms with E-state index in [4.69, 9.17) is 4.74 Å². The predicted octanol–water partition coefficient (Wildman–Crippen LogP) is 2.81. The summed E-state index contributed by atoms with van der Waals surface area (Å²) in [5.74, 6) is -0.640. The molecule has 1 aliphatic heterocycles. The Hall–Kier alpha value is -2.27. The molecule has 174 valence electrons. The summed E-state index contributed by atoms with van der Waals surface area (Å²) in [7, 11) is -3.21. The Morgan fingerprint density at radius 1 is 1.09 bits per heavy atom. The fraction of sp³-hybridized carbons (Fsp3) is 0.455. The van der Waals surface area contributed by atoms with Crippen LogP contribution in [-0.2, 0) is 19.6 Å². The molecule has 10 heteroatoms. The van der Waals surface area contributed by atoms with Gasteiger partial charge in [0.05, 0.1) is 18.9 Å². The van der Waals surface area contributed by atoms with E-state index < -0.39 is 16.0 Å². The summed E-state index contributed by atoms with van der Waals surface area (Å²) in [5, 5.41) is 3.36. The van der Waals surface area contributed by atoms with Crippen LogP contribution in [0.4, 0.5) is 5.00 Å². The van der Waals surface area contributed by atoms with Crippen molar-refractivity contribution in [2.75, 3.05) is 50.4 Å². The first-order chi connectivity index (χ1) is 15.3. The molecule has 0 saturated carbocycles. The molecule has 1 fully saturated rings. The number of rotatable bonds is 8. The third-order valence-corrected chi connectivity index (χ3v) is 8.24. The minimum Gasteiger partial charge on any atom is -0.462 e. The monoisotopic (exact) mass is 479 g/mol. The number of nitrogens with one attached hydrogen (secondary N) is 1. The Balaban J connectivity index is 1.74. The number of hydrogen-bond donors (Lipinski definition) is 1. The summed E-state index contributed by atoms with van der Waals surface area (Å²) in [5.41, 5.74) is 2.02. The van der Waals surface area contributed by atoms with Crippen molar-refractivity contribution in [1.82, 2.24) is 9.21 Å². The summed E-state index contributed by atoms with van der Waals surface area (Å²) in [4.78, 5) is 28.4. The van der Waals surface area contributed by atoms with Gasteiger partial charge in [0.25, 0.3) is 0 Å². The van der Waals surface area contributed by atoms with Gasteiger partial charge < -0.3 is 10.1 Å². The fourth-order valence-electron chi connectivity index (χ4n) is 3.70. The van der Waals surface area contributed by atoms with Gasteiger partial charge in [0.2, 0.25) is 15.9 Å². The molecular formula is C22H29N3O5S2. The minimum atomic E-state index is -3.21. The van der Waals surface area contributed by atoms with Crippen molar-refractivity contribution in [2.24, 2.45) is 0 Å². The number of thiophene rings is 1. The molecule has 0 atom stereocenters. The van der Waals surface area contributed by atoms with E-state index in [1.54, 1.807) is 13.8 Å². The highest BCUT2D eigenvalue weighted by atomic mass is 32.2. The molecule has 0 spiro atoms. The SMILES string of the molecule is CCOC(=O)c1c(NC(=O)CN2CCN(S(=O)(=O)CC)CC2)sc(C)c1-c1ccccc1. The van der Waals surface area contributed by atoms with Gasteiger partial charge in [-0.2, -0.15) is 4.31 Å². The van der Waals surface area contributed by atoms with Gasteiger partial charge >= 0.3 is 5.97 Å². The Kier molecular flexibility index (Phi) is 8.05. The molecule has 0 unspecified atom stereocenters. The number of carbonyl (C=O) groups excluding carboxylic acids is 2. The largest absolute Gasteiger partial charge is 0.462 e. The summed E-state index contributed by atoms with van der Waals surface area (Å²) in [6.07, 6.45) is 0. The zero-order valence-corrected chi connectivity index (χ0v) is 20.2. The second-order valence-corrected chi connectivity index (χ2v) is 10.9. The number of carbonyl (C=O) groups is 2. The van der Waals surface area contributed by atoms with Gasteiger partial charge in [-0.1, -0.05) is 30.3 Å². The van der Waals surface area contributed by atoms with Crippen molar-refractivity contribution < 1.29 is 22.7 Å². The number of ether oxygens (including phenoxy) is 1. The van der Waals surface area contributed by atoms with E-state index in [1.165, 1.54) is 15.6 Å². The zero-order valence-electron chi connectivity index (χ0n) is 18.6. The van der Waals surface area contributed by atoms with Crippen LogP contribution in [0.5, 0.6) is 0 Å². The van der Waals surface area contributed by atoms with Crippen molar-refractivity contribution in [1.29, 1.82) is 0 Å². The number of nitrogens with zero attached hydrogens (tertiary/aromatic N) is 2. The molecule has 1 saturated heterocycles. The van der Waals surface area contributed by atoms with Crippen LogP contribution < -0.4 is 5.32 Å². The summed E-state index contributed by atoms with van der Waals surface area (Å²) in [6, 6.07) is 9.56. The highest BCUT2D eigenvalue weighted by molar-refractivity contribution is 7.89. The maximum Gasteiger partial charge on any atom is 0.341 e. The van der Waals surface area contributed by atoms with E-state index in [1.807, 2.05) is 42.2 Å². The average Bonchev–Trinajstić information content (AvgIpc) is 3.10. The first kappa shape index (κ1) is 24.4. The van der Waals surface area contributed by atoms with E-state index >= 15 is 0 Å². The standard InChI is InChI=1S/C22H29N3O5S2/c1-4-30-22(27)20-19(17-9-7-6-8-10-17)16(3)31-21(20)23-18(26)15-24-11-13-25(14-12-24)32(28,29)5-2/h6-10H,4-5,11-15H2,1-3H3,(H,23,26). The van der Waals surface area contributed by atoms with Crippen molar-refractivity contribution in [2.45, 2.75) is 20.8 Å². The van der Waals surface area contributed by atoms with Crippen LogP contribution >= 0.6 is 11.3 Å². The molecule has 0 bridgehead atoms. The number of anilines is 1. The lowest BCUT2D eigenvalue weighted by atomic mass is 10.0. The van der Waals surface area contributed by atoms with E-state index in [9.17, 15) is 18.0 Å². The van der Waals surface area contributed by atoms with E-state index in [0.717, 1.165) is 16.0 Å². The highest BCUT2D eigenvalue weighted by Crippen LogP contribution is 2.40. The third kappa shape index (κ3) is 5.55. The second-order valence-electron chi connectivity index (χ2n) is 7.45. The minimum absolute atomic E-state index is 0.0750. The summed E-state index contributed by atoms with van der Waals surface area (Å²) < 4.78 is 30.8. The molecule has 1 aromatic carbocycles. The molecule has 3 rings (SSSR count). The number of piperazine rings is 1. The van der Waals surface area contributed by atoms with Crippen molar-refractivity contribution in [3.8, 4) is 11.1 Å². The number of hydrogen-bond acceptors (Lipinski definition) is 7. The summed E-state index contributed by atoms with van der Waals surface area (Å²) in [6.45, 7) is 7.35. The summed E-state index contributed by atoms with van der Waals surface area (Å²) >= 11 is 1.35. The molecule has 1 aromatic heterocycles. The van der Waals surface area contributed by atoms with Gasteiger partial charge in [-0.3, -0.25) is 9.69 Å². The molecule has 1 N–H and O–H groups in total. The Labute approximate surface area is 193 Å². The smallest absolute Gasteiger partial charge is 0.341 e. The first-order valence-corrected chi connectivity index (χ1v) is 13.0. The Morgan fingerprint density at radius 3 is 2.34 bits per heavy atom. The maximum atomic E-state index is 12.8. The lowest BCUT2D eigenvalue weighted by Crippen LogP contribution is -2.50. The van der Waals surface area contributed by atoms with Crippen LogP contribution in [0.1, 0.15) is 29.1 Å². The normalized spacial score (nSPS) is 15.5. The molecule has 0 radical (unpaired) electrons. The fourth-order valence-corrected chi connectivity index (χ4v) is 5.87. The predicted molar refractivity (Wildman–Crippen MR) is 127 cm³/mol. The molecule has 0 aliphatic carbocycles. The Morgan fingerprint density at radius 2 is 1.75 bits per heavy atom. The number of benzene rings is 1. The molecule has 2 aromatic rings. The van der Waals surface area contributed by atoms with Crippen LogP contribution in [0.3, 0.4) is 0 Å². The van der Waals surface area contributed by atoms with Crippen molar-refractivity contribution in [3.63, 3.8) is 0 Å². The third-order valence-electron chi connectivity index (χ3n) is 5.34. The number of esters is 1. The number of amides is 1. The van der Waals surface area contributed by atoms with Crippen LogP contribution in [0.2, 0.25) is 0 Å². The van der Waals surface area contributed by atoms with Crippen molar-refractivity contribution >= 4 is 38.2 Å². The van der Waals surface area contributed by atoms with Crippen molar-refractivity contribution in [3.05, 3.63) is 40.8 Å². The van der Waals surface area contributed by atoms with Gasteiger partial charge in [0.1, 0.15) is 10.6 Å². The van der Waals surface area contributed by atoms with Gasteiger partial charge in [-0.05, 0) is 26.3 Å². The molecular weight excluding hydrogens is 450 g/mol. The molecule has 32 heavy (non-hydrogen) atoms. The van der Waals surface area contributed by atoms with Crippen LogP contribution in [0, 0.1) is 6.92 Å². The topological polar surface area (TPSA) is 96.0 Å². The average molecular weight is 480 g/mol. The van der Waals surface area contributed by atoms with Gasteiger partial charge in [-0.15, -0.1) is 11.3 Å². The number of aryl methyl sites for hydroxylation is 1. The number of sulfonamides is 1. The zero-order chi connectivity index (χ0) is 23.3. The maximum absolute atomic E-state index is 12.8. The quantitative estimate of drug-likeness (QED) is 0.585. The lowest BCUT2D eigenvalue weighted by Gasteiger charge is -2.33. The first-order valence-electron chi connectivity index (χ1n) is 10.6. The molecule has 8 nitrogen and oxygen atoms in total. The second kappa shape index (κ2) is 10.6. The lowest BCUT2D eigenvalue weighted by molar-refractivity contribution is -0.117.